The van der Waals surface area contributed by atoms with E-state index in [0.29, 0.717) is 12.6 Å². The standard InChI is InChI=1S/C8H13N3O.C8H12N2O2.C7H10N2O/c1-6-3-10-11-4-7(9-2)5-12-8(6)11;1-6-3-9-10-4-7(11-2)5-12-8(6)10;1-6-5-8-9-3-2-4-10-7(6)9/h3,7,9H,4-5H2,1-2H3;3,7H,4-5H2,1-2H3;5H,2-4H2,1H3/t2*7-;/m11./s1. The number of rotatable bonds is 2. The highest BCUT2D eigenvalue weighted by Crippen LogP contribution is 2.22. The van der Waals surface area contributed by atoms with E-state index in [1.54, 1.807) is 7.11 Å². The number of hydrogen-bond acceptors (Lipinski definition) is 8. The Labute approximate surface area is 199 Å². The summed E-state index contributed by atoms with van der Waals surface area (Å²) >= 11 is 0. The minimum atomic E-state index is 0.136. The molecule has 6 rings (SSSR count). The first kappa shape index (κ1) is 24.1. The monoisotopic (exact) mass is 473 g/mol. The second kappa shape index (κ2) is 10.9. The van der Waals surface area contributed by atoms with Crippen LogP contribution in [0.2, 0.25) is 0 Å². The SMILES string of the molecule is CN[C@H]1COc2c(C)cnn2C1.CO[C@H]1COc2c(C)cnn2C1.Cc1cnn2c1OCCC2. The third-order valence-electron chi connectivity index (χ3n) is 5.98. The van der Waals surface area contributed by atoms with Crippen LogP contribution < -0.4 is 19.5 Å². The fourth-order valence-corrected chi connectivity index (χ4v) is 3.95. The molecule has 0 bridgehead atoms. The summed E-state index contributed by atoms with van der Waals surface area (Å²) < 4.78 is 27.2. The molecule has 0 unspecified atom stereocenters. The Hall–Kier alpha value is -3.05. The second-order valence-corrected chi connectivity index (χ2v) is 8.65. The van der Waals surface area contributed by atoms with Gasteiger partial charge in [-0.25, -0.2) is 14.0 Å². The predicted octanol–water partition coefficient (Wildman–Crippen LogP) is 1.74. The highest BCUT2D eigenvalue weighted by Gasteiger charge is 2.21. The van der Waals surface area contributed by atoms with Gasteiger partial charge in [-0.3, -0.25) is 0 Å². The Balaban J connectivity index is 0.000000121. The number of likely N-dealkylation sites (N-methyl/N-ethyl adjacent to an activating group) is 1. The van der Waals surface area contributed by atoms with Crippen LogP contribution in [0.15, 0.2) is 18.6 Å². The summed E-state index contributed by atoms with van der Waals surface area (Å²) in [5.41, 5.74) is 3.34. The molecule has 0 fully saturated rings. The van der Waals surface area contributed by atoms with Gasteiger partial charge in [0.1, 0.15) is 19.3 Å². The first-order valence-electron chi connectivity index (χ1n) is 11.7. The number of fused-ring (bicyclic) bond motifs is 3. The van der Waals surface area contributed by atoms with Crippen LogP contribution in [0, 0.1) is 20.8 Å². The topological polar surface area (TPSA) is 102 Å². The minimum Gasteiger partial charge on any atom is -0.478 e. The molecule has 3 aliphatic heterocycles. The summed E-state index contributed by atoms with van der Waals surface area (Å²) in [6.07, 6.45) is 6.71. The van der Waals surface area contributed by atoms with E-state index in [9.17, 15) is 0 Å². The van der Waals surface area contributed by atoms with Crippen molar-refractivity contribution in [1.82, 2.24) is 34.7 Å². The van der Waals surface area contributed by atoms with E-state index in [0.717, 1.165) is 73.6 Å². The van der Waals surface area contributed by atoms with Gasteiger partial charge in [-0.2, -0.15) is 15.3 Å². The molecule has 1 N–H and O–H groups in total. The van der Waals surface area contributed by atoms with Gasteiger partial charge in [0.25, 0.3) is 0 Å². The van der Waals surface area contributed by atoms with Crippen molar-refractivity contribution in [3.63, 3.8) is 0 Å². The largest absolute Gasteiger partial charge is 0.478 e. The van der Waals surface area contributed by atoms with Crippen molar-refractivity contribution < 1.29 is 18.9 Å². The number of ether oxygens (including phenoxy) is 4. The fourth-order valence-electron chi connectivity index (χ4n) is 3.95. The molecular weight excluding hydrogens is 438 g/mol. The number of hydrogen-bond donors (Lipinski definition) is 1. The van der Waals surface area contributed by atoms with E-state index in [1.165, 1.54) is 0 Å². The van der Waals surface area contributed by atoms with Crippen molar-refractivity contribution >= 4 is 0 Å². The summed E-state index contributed by atoms with van der Waals surface area (Å²) in [4.78, 5) is 0. The van der Waals surface area contributed by atoms with Gasteiger partial charge in [0.15, 0.2) is 0 Å². The highest BCUT2D eigenvalue weighted by molar-refractivity contribution is 5.24. The molecule has 0 amide bonds. The minimum absolute atomic E-state index is 0.136. The first-order chi connectivity index (χ1) is 16.5. The quantitative estimate of drug-likeness (QED) is 0.601. The third kappa shape index (κ3) is 5.36. The molecule has 6 heterocycles. The molecule has 0 radical (unpaired) electrons. The molecule has 3 aromatic heterocycles. The lowest BCUT2D eigenvalue weighted by Crippen LogP contribution is -2.39. The van der Waals surface area contributed by atoms with Gasteiger partial charge in [0.2, 0.25) is 17.6 Å². The molecule has 0 spiro atoms. The van der Waals surface area contributed by atoms with Crippen LogP contribution in [0.1, 0.15) is 23.1 Å². The fraction of sp³-hybridized carbons (Fsp3) is 0.609. The maximum absolute atomic E-state index is 5.54. The number of nitrogens with one attached hydrogen (secondary N) is 1. The van der Waals surface area contributed by atoms with Gasteiger partial charge in [0, 0.05) is 36.8 Å². The zero-order valence-corrected chi connectivity index (χ0v) is 20.7. The number of methoxy groups -OCH3 is 1. The smallest absolute Gasteiger partial charge is 0.214 e. The molecular formula is C23H35N7O4. The summed E-state index contributed by atoms with van der Waals surface area (Å²) in [5.74, 6) is 2.75. The molecule has 186 valence electrons. The Morgan fingerprint density at radius 3 is 1.97 bits per heavy atom. The summed E-state index contributed by atoms with van der Waals surface area (Å²) in [7, 11) is 3.63. The van der Waals surface area contributed by atoms with Crippen molar-refractivity contribution in [1.29, 1.82) is 0 Å². The van der Waals surface area contributed by atoms with Gasteiger partial charge in [0.05, 0.1) is 44.3 Å². The highest BCUT2D eigenvalue weighted by atomic mass is 16.5. The molecule has 0 aliphatic carbocycles. The molecule has 11 heteroatoms. The Morgan fingerprint density at radius 2 is 1.38 bits per heavy atom. The summed E-state index contributed by atoms with van der Waals surface area (Å²) in [5, 5.41) is 15.7. The summed E-state index contributed by atoms with van der Waals surface area (Å²) in [6.45, 7) is 10.9. The van der Waals surface area contributed by atoms with Crippen molar-refractivity contribution in [2.24, 2.45) is 0 Å². The van der Waals surface area contributed by atoms with Gasteiger partial charge in [-0.15, -0.1) is 0 Å². The van der Waals surface area contributed by atoms with Gasteiger partial charge >= 0.3 is 0 Å². The van der Waals surface area contributed by atoms with Crippen molar-refractivity contribution in [2.75, 3.05) is 34.0 Å². The molecule has 0 saturated heterocycles. The molecule has 34 heavy (non-hydrogen) atoms. The van der Waals surface area contributed by atoms with Gasteiger partial charge in [-0.1, -0.05) is 0 Å². The molecule has 0 saturated carbocycles. The average Bonchev–Trinajstić information content (AvgIpc) is 3.56. The van der Waals surface area contributed by atoms with Crippen LogP contribution in [0.4, 0.5) is 0 Å². The lowest BCUT2D eigenvalue weighted by Gasteiger charge is -2.23. The van der Waals surface area contributed by atoms with Gasteiger partial charge < -0.3 is 24.3 Å². The van der Waals surface area contributed by atoms with Crippen molar-refractivity contribution in [3.05, 3.63) is 35.3 Å². The van der Waals surface area contributed by atoms with Crippen LogP contribution in [0.5, 0.6) is 17.6 Å². The van der Waals surface area contributed by atoms with E-state index >= 15 is 0 Å². The first-order valence-corrected chi connectivity index (χ1v) is 11.7. The number of nitrogens with zero attached hydrogens (tertiary/aromatic N) is 6. The van der Waals surface area contributed by atoms with E-state index in [-0.39, 0.29) is 6.10 Å². The van der Waals surface area contributed by atoms with E-state index in [1.807, 2.05) is 60.5 Å². The number of aromatic nitrogens is 6. The molecule has 3 aliphatic rings. The van der Waals surface area contributed by atoms with Crippen LogP contribution in [0.25, 0.3) is 0 Å². The average molecular weight is 474 g/mol. The molecule has 2 atom stereocenters. The maximum Gasteiger partial charge on any atom is 0.214 e. The van der Waals surface area contributed by atoms with E-state index in [2.05, 4.69) is 20.6 Å². The molecule has 0 aromatic carbocycles. The van der Waals surface area contributed by atoms with Crippen LogP contribution >= 0.6 is 0 Å². The predicted molar refractivity (Wildman–Crippen MR) is 126 cm³/mol. The Morgan fingerprint density at radius 1 is 0.824 bits per heavy atom. The van der Waals surface area contributed by atoms with E-state index < -0.39 is 0 Å². The zero-order valence-electron chi connectivity index (χ0n) is 20.7. The number of aryl methyl sites for hydroxylation is 4. The van der Waals surface area contributed by atoms with E-state index in [4.69, 9.17) is 18.9 Å². The summed E-state index contributed by atoms with van der Waals surface area (Å²) in [6, 6.07) is 0.386. The maximum atomic E-state index is 5.54. The van der Waals surface area contributed by atoms with Crippen LogP contribution in [-0.4, -0.2) is 75.5 Å². The molecule has 3 aromatic rings. The lowest BCUT2D eigenvalue weighted by molar-refractivity contribution is 0.0176. The Kier molecular flexibility index (Phi) is 7.73. The Bertz CT molecular complexity index is 1020. The van der Waals surface area contributed by atoms with Crippen molar-refractivity contribution in [2.45, 2.75) is 59.0 Å². The lowest BCUT2D eigenvalue weighted by atomic mass is 10.3. The third-order valence-corrected chi connectivity index (χ3v) is 5.98. The van der Waals surface area contributed by atoms with Crippen LogP contribution in [0.3, 0.4) is 0 Å². The van der Waals surface area contributed by atoms with Crippen molar-refractivity contribution in [3.8, 4) is 17.6 Å². The second-order valence-electron chi connectivity index (χ2n) is 8.65. The van der Waals surface area contributed by atoms with Crippen LogP contribution in [-0.2, 0) is 24.4 Å². The van der Waals surface area contributed by atoms with Gasteiger partial charge in [-0.05, 0) is 27.8 Å². The normalized spacial score (nSPS) is 20.0. The molecule has 11 nitrogen and oxygen atoms in total. The zero-order chi connectivity index (χ0) is 24.1.